The molecule has 0 amide bonds. The molecule has 3 nitrogen and oxygen atoms in total. The van der Waals surface area contributed by atoms with Crippen molar-refractivity contribution in [3.63, 3.8) is 0 Å². The predicted octanol–water partition coefficient (Wildman–Crippen LogP) is 7.47. The Balaban J connectivity index is 0.00000289. The molecular weight excluding hydrogens is 396 g/mol. The summed E-state index contributed by atoms with van der Waals surface area (Å²) in [5, 5.41) is 0. The van der Waals surface area contributed by atoms with Crippen LogP contribution in [-0.2, 0) is 14.3 Å². The van der Waals surface area contributed by atoms with E-state index in [9.17, 15) is 9.59 Å². The van der Waals surface area contributed by atoms with Crippen LogP contribution in [-0.4, -0.2) is 18.4 Å². The summed E-state index contributed by atoms with van der Waals surface area (Å²) in [6.07, 6.45) is 12.8. The van der Waals surface area contributed by atoms with Crippen molar-refractivity contribution >= 4 is 11.8 Å². The average molecular weight is 447 g/mol. The highest BCUT2D eigenvalue weighted by Gasteiger charge is 2.64. The Morgan fingerprint density at radius 1 is 1.00 bits per heavy atom. The molecule has 4 fully saturated rings. The number of carbonyl (C=O) groups excluding carboxylic acids is 2. The normalized spacial score (nSPS) is 44.0. The number of ether oxygens (including phenoxy) is 1. The van der Waals surface area contributed by atoms with Gasteiger partial charge < -0.3 is 4.74 Å². The first-order valence-corrected chi connectivity index (χ1v) is 13.5. The molecule has 9 atom stereocenters. The van der Waals surface area contributed by atoms with Gasteiger partial charge in [-0.3, -0.25) is 9.59 Å². The molecule has 0 radical (unpaired) electrons. The molecule has 4 saturated carbocycles. The van der Waals surface area contributed by atoms with Crippen molar-refractivity contribution in [3.05, 3.63) is 0 Å². The zero-order chi connectivity index (χ0) is 22.4. The van der Waals surface area contributed by atoms with E-state index in [2.05, 4.69) is 27.7 Å². The second kappa shape index (κ2) is 9.79. The minimum absolute atomic E-state index is 0. The molecule has 0 aliphatic heterocycles. The van der Waals surface area contributed by atoms with Gasteiger partial charge in [-0.2, -0.15) is 0 Å². The van der Waals surface area contributed by atoms with E-state index in [4.69, 9.17) is 4.74 Å². The van der Waals surface area contributed by atoms with Crippen LogP contribution < -0.4 is 0 Å². The summed E-state index contributed by atoms with van der Waals surface area (Å²) in [6, 6.07) is 0. The molecule has 4 aliphatic rings. The van der Waals surface area contributed by atoms with Gasteiger partial charge in [0.1, 0.15) is 5.78 Å². The van der Waals surface area contributed by atoms with Crippen molar-refractivity contribution in [3.8, 4) is 0 Å². The van der Waals surface area contributed by atoms with Crippen molar-refractivity contribution in [2.75, 3.05) is 6.61 Å². The largest absolute Gasteiger partial charge is 0.466 e. The fraction of sp³-hybridized carbons (Fsp3) is 0.931. The van der Waals surface area contributed by atoms with Crippen LogP contribution in [0.5, 0.6) is 0 Å². The summed E-state index contributed by atoms with van der Waals surface area (Å²) in [7, 11) is 0. The zero-order valence-corrected chi connectivity index (χ0v) is 20.8. The van der Waals surface area contributed by atoms with Crippen molar-refractivity contribution in [1.29, 1.82) is 0 Å². The van der Waals surface area contributed by atoms with Crippen LogP contribution in [0.25, 0.3) is 0 Å². The molecule has 0 saturated heterocycles. The average Bonchev–Trinajstić information content (AvgIpc) is 3.10. The lowest BCUT2D eigenvalue weighted by atomic mass is 9.42. The zero-order valence-electron chi connectivity index (χ0n) is 20.8. The summed E-state index contributed by atoms with van der Waals surface area (Å²) in [5.74, 6) is 4.15. The summed E-state index contributed by atoms with van der Waals surface area (Å²) >= 11 is 0. The summed E-state index contributed by atoms with van der Waals surface area (Å²) in [4.78, 5) is 25.9. The quantitative estimate of drug-likeness (QED) is 0.397. The van der Waals surface area contributed by atoms with Crippen LogP contribution in [0.2, 0.25) is 0 Å². The molecule has 4 rings (SSSR count). The van der Waals surface area contributed by atoms with E-state index in [0.717, 1.165) is 12.8 Å². The van der Waals surface area contributed by atoms with E-state index >= 15 is 0 Å². The Labute approximate surface area is 197 Å². The molecule has 0 aromatic heterocycles. The van der Waals surface area contributed by atoms with Crippen molar-refractivity contribution in [1.82, 2.24) is 0 Å². The highest BCUT2D eigenvalue weighted by Crippen LogP contribution is 2.68. The van der Waals surface area contributed by atoms with E-state index in [-0.39, 0.29) is 18.8 Å². The van der Waals surface area contributed by atoms with Crippen LogP contribution in [0, 0.1) is 52.3 Å². The molecule has 0 heterocycles. The second-order valence-corrected chi connectivity index (χ2v) is 12.1. The summed E-state index contributed by atoms with van der Waals surface area (Å²) in [5.41, 5.74) is 0.646. The van der Waals surface area contributed by atoms with Gasteiger partial charge >= 0.3 is 5.97 Å². The Morgan fingerprint density at radius 2 is 1.72 bits per heavy atom. The molecule has 0 aromatic rings. The molecule has 4 aliphatic carbocycles. The maximum atomic E-state index is 14.0. The number of carbonyl (C=O) groups is 2. The minimum Gasteiger partial charge on any atom is -0.466 e. The molecule has 3 heteroatoms. The molecule has 7 unspecified atom stereocenters. The van der Waals surface area contributed by atoms with Crippen molar-refractivity contribution < 1.29 is 14.3 Å². The molecule has 0 spiro atoms. The molecule has 184 valence electrons. The number of esters is 1. The van der Waals surface area contributed by atoms with Gasteiger partial charge in [0, 0.05) is 18.3 Å². The van der Waals surface area contributed by atoms with Gasteiger partial charge in [-0.25, -0.2) is 0 Å². The SMILES string of the molecule is C.CCOC(=O)CC[C@@H](C)C1CCC2C3C(=O)[C@H](CC)C4CCCCC4(C)C3CCC21C. The second-order valence-electron chi connectivity index (χ2n) is 12.1. The number of hydrogen-bond donors (Lipinski definition) is 0. The number of ketones is 1. The van der Waals surface area contributed by atoms with Crippen molar-refractivity contribution in [2.45, 2.75) is 113 Å². The van der Waals surface area contributed by atoms with E-state index in [0.29, 0.717) is 65.7 Å². The van der Waals surface area contributed by atoms with Gasteiger partial charge in [0.15, 0.2) is 0 Å². The first-order chi connectivity index (χ1) is 14.8. The lowest BCUT2D eigenvalue weighted by molar-refractivity contribution is -0.168. The molecule has 0 N–H and O–H groups in total. The fourth-order valence-electron chi connectivity index (χ4n) is 9.47. The Morgan fingerprint density at radius 3 is 2.41 bits per heavy atom. The van der Waals surface area contributed by atoms with Gasteiger partial charge in [-0.1, -0.05) is 48.0 Å². The monoisotopic (exact) mass is 446 g/mol. The number of fused-ring (bicyclic) bond motifs is 5. The first-order valence-electron chi connectivity index (χ1n) is 13.5. The minimum atomic E-state index is -0.0535. The highest BCUT2D eigenvalue weighted by atomic mass is 16.5. The van der Waals surface area contributed by atoms with Crippen LogP contribution in [0.15, 0.2) is 0 Å². The highest BCUT2D eigenvalue weighted by molar-refractivity contribution is 5.86. The van der Waals surface area contributed by atoms with E-state index in [1.807, 2.05) is 6.92 Å². The van der Waals surface area contributed by atoms with E-state index < -0.39 is 0 Å². The molecular formula is C29H50O3. The summed E-state index contributed by atoms with van der Waals surface area (Å²) in [6.45, 7) is 12.0. The fourth-order valence-corrected chi connectivity index (χ4v) is 9.47. The lowest BCUT2D eigenvalue weighted by Crippen LogP contribution is -2.59. The van der Waals surface area contributed by atoms with Crippen LogP contribution in [0.4, 0.5) is 0 Å². The molecule has 0 bridgehead atoms. The Kier molecular flexibility index (Phi) is 7.88. The standard InChI is InChI=1S/C28H46O3.CH4/c1-6-19-21-10-8-9-16-27(21,4)23-15-17-28(5)20(12-13-22(28)25(23)26(19)30)18(3)11-14-24(29)31-7-2;/h18-23,25H,6-17H2,1-5H3;1H4/t18-,19-,20?,21?,22?,23?,25?,27?,28?;/m1./s1. The van der Waals surface area contributed by atoms with Crippen LogP contribution >= 0.6 is 0 Å². The third-order valence-electron chi connectivity index (χ3n) is 10.9. The number of Topliss-reactive ketones (excluding diaryl/α,β-unsaturated/α-hetero) is 1. The van der Waals surface area contributed by atoms with Crippen molar-refractivity contribution in [2.24, 2.45) is 52.3 Å². The van der Waals surface area contributed by atoms with Gasteiger partial charge in [0.25, 0.3) is 0 Å². The predicted molar refractivity (Wildman–Crippen MR) is 131 cm³/mol. The smallest absolute Gasteiger partial charge is 0.305 e. The van der Waals surface area contributed by atoms with Gasteiger partial charge in [-0.15, -0.1) is 0 Å². The van der Waals surface area contributed by atoms with Gasteiger partial charge in [-0.05, 0) is 98.7 Å². The van der Waals surface area contributed by atoms with E-state index in [1.165, 1.54) is 51.4 Å². The first kappa shape index (κ1) is 25.8. The lowest BCUT2D eigenvalue weighted by Gasteiger charge is -2.62. The molecule has 0 aromatic carbocycles. The Hall–Kier alpha value is -0.860. The van der Waals surface area contributed by atoms with Crippen LogP contribution in [0.3, 0.4) is 0 Å². The Bertz CT molecular complexity index is 686. The maximum absolute atomic E-state index is 14.0. The van der Waals surface area contributed by atoms with Gasteiger partial charge in [0.05, 0.1) is 6.61 Å². The third-order valence-corrected chi connectivity index (χ3v) is 10.9. The number of rotatable bonds is 6. The van der Waals surface area contributed by atoms with Crippen LogP contribution in [0.1, 0.15) is 113 Å². The third kappa shape index (κ3) is 3.98. The van der Waals surface area contributed by atoms with Gasteiger partial charge in [0.2, 0.25) is 0 Å². The maximum Gasteiger partial charge on any atom is 0.305 e. The number of hydrogen-bond acceptors (Lipinski definition) is 3. The van der Waals surface area contributed by atoms with E-state index in [1.54, 1.807) is 0 Å². The topological polar surface area (TPSA) is 43.4 Å². The molecule has 32 heavy (non-hydrogen) atoms. The summed E-state index contributed by atoms with van der Waals surface area (Å²) < 4.78 is 5.17.